The van der Waals surface area contributed by atoms with E-state index in [4.69, 9.17) is 5.84 Å². The lowest BCUT2D eigenvalue weighted by atomic mass is 9.89. The molecule has 0 aliphatic rings. The Balaban J connectivity index is 2.98. The van der Waals surface area contributed by atoms with Crippen molar-refractivity contribution in [2.75, 3.05) is 0 Å². The molecule has 90 valence electrons. The lowest BCUT2D eigenvalue weighted by Gasteiger charge is -2.25. The molecule has 2 nitrogen and oxygen atoms in total. The van der Waals surface area contributed by atoms with Gasteiger partial charge in [0.15, 0.2) is 0 Å². The van der Waals surface area contributed by atoms with Crippen LogP contribution in [0.3, 0.4) is 0 Å². The zero-order valence-corrected chi connectivity index (χ0v) is 11.2. The molecule has 0 radical (unpaired) electrons. The molecule has 0 saturated carbocycles. The van der Waals surface area contributed by atoms with Gasteiger partial charge in [-0.2, -0.15) is 0 Å². The van der Waals surface area contributed by atoms with Crippen LogP contribution >= 0.6 is 15.9 Å². The van der Waals surface area contributed by atoms with Crippen LogP contribution in [0.5, 0.6) is 0 Å². The van der Waals surface area contributed by atoms with Gasteiger partial charge in [0.25, 0.3) is 0 Å². The van der Waals surface area contributed by atoms with Crippen LogP contribution < -0.4 is 11.3 Å². The molecule has 3 N–H and O–H groups in total. The molecule has 1 unspecified atom stereocenters. The minimum atomic E-state index is -0.247. The van der Waals surface area contributed by atoms with Crippen molar-refractivity contribution in [1.29, 1.82) is 0 Å². The summed E-state index contributed by atoms with van der Waals surface area (Å²) in [5.41, 5.74) is 3.68. The van der Waals surface area contributed by atoms with Crippen molar-refractivity contribution >= 4 is 15.9 Å². The number of hydrogen-bond acceptors (Lipinski definition) is 2. The molecule has 1 rings (SSSR count). The van der Waals surface area contributed by atoms with Crippen molar-refractivity contribution in [2.45, 2.75) is 32.7 Å². The highest BCUT2D eigenvalue weighted by Gasteiger charge is 2.19. The third-order valence-corrected chi connectivity index (χ3v) is 3.65. The Morgan fingerprint density at radius 3 is 2.44 bits per heavy atom. The minimum Gasteiger partial charge on any atom is -0.271 e. The zero-order valence-electron chi connectivity index (χ0n) is 9.63. The van der Waals surface area contributed by atoms with Gasteiger partial charge < -0.3 is 0 Å². The molecule has 4 heteroatoms. The lowest BCUT2D eigenvalue weighted by Crippen LogP contribution is -2.33. The van der Waals surface area contributed by atoms with Crippen LogP contribution in [0.25, 0.3) is 0 Å². The number of rotatable bonds is 5. The fraction of sp³-hybridized carbons (Fsp3) is 0.500. The number of hydrazine groups is 1. The first-order valence-electron chi connectivity index (χ1n) is 5.55. The molecular formula is C12H18BrFN2. The molecule has 0 bridgehead atoms. The molecule has 0 aromatic heterocycles. The highest BCUT2D eigenvalue weighted by molar-refractivity contribution is 9.10. The van der Waals surface area contributed by atoms with Gasteiger partial charge in [-0.15, -0.1) is 0 Å². The standard InChI is InChI=1S/C12H18BrFN2/c1-3-8(4-2)12(16-15)9-5-6-10(13)11(14)7-9/h5-8,12,16H,3-4,15H2,1-2H3. The first-order chi connectivity index (χ1) is 7.63. The van der Waals surface area contributed by atoms with Gasteiger partial charge in [0, 0.05) is 6.04 Å². The number of nitrogens with two attached hydrogens (primary N) is 1. The van der Waals surface area contributed by atoms with Gasteiger partial charge in [-0.1, -0.05) is 32.8 Å². The Labute approximate surface area is 105 Å². The molecule has 0 spiro atoms. The van der Waals surface area contributed by atoms with Crippen LogP contribution in [0.15, 0.2) is 22.7 Å². The van der Waals surface area contributed by atoms with Crippen molar-refractivity contribution in [3.05, 3.63) is 34.1 Å². The molecule has 0 aliphatic heterocycles. The van der Waals surface area contributed by atoms with Gasteiger partial charge in [-0.05, 0) is 39.5 Å². The van der Waals surface area contributed by atoms with E-state index in [0.717, 1.165) is 18.4 Å². The van der Waals surface area contributed by atoms with Crippen molar-refractivity contribution in [3.63, 3.8) is 0 Å². The summed E-state index contributed by atoms with van der Waals surface area (Å²) in [6.45, 7) is 4.24. The Hall–Kier alpha value is -0.450. The fourth-order valence-corrected chi connectivity index (χ4v) is 2.22. The molecule has 1 aromatic rings. The summed E-state index contributed by atoms with van der Waals surface area (Å²) < 4.78 is 13.9. The average Bonchev–Trinajstić information content (AvgIpc) is 2.29. The van der Waals surface area contributed by atoms with Crippen LogP contribution in [0.1, 0.15) is 38.3 Å². The smallest absolute Gasteiger partial charge is 0.137 e. The van der Waals surface area contributed by atoms with E-state index in [1.807, 2.05) is 6.07 Å². The van der Waals surface area contributed by atoms with Crippen molar-refractivity contribution in [3.8, 4) is 0 Å². The van der Waals surface area contributed by atoms with Crippen LogP contribution in [-0.2, 0) is 0 Å². The van der Waals surface area contributed by atoms with Crippen molar-refractivity contribution < 1.29 is 4.39 Å². The van der Waals surface area contributed by atoms with E-state index in [1.54, 1.807) is 6.07 Å². The number of hydrogen-bond donors (Lipinski definition) is 2. The average molecular weight is 289 g/mol. The zero-order chi connectivity index (χ0) is 12.1. The van der Waals surface area contributed by atoms with Crippen LogP contribution in [0.2, 0.25) is 0 Å². The summed E-state index contributed by atoms with van der Waals surface area (Å²) in [6.07, 6.45) is 2.03. The van der Waals surface area contributed by atoms with Gasteiger partial charge in [0.05, 0.1) is 4.47 Å². The Kier molecular flexibility index (Phi) is 5.38. The normalized spacial score (nSPS) is 13.1. The summed E-state index contributed by atoms with van der Waals surface area (Å²) in [7, 11) is 0. The molecule has 0 amide bonds. The van der Waals surface area contributed by atoms with E-state index < -0.39 is 0 Å². The van der Waals surface area contributed by atoms with Gasteiger partial charge in [0.2, 0.25) is 0 Å². The largest absolute Gasteiger partial charge is 0.271 e. The third kappa shape index (κ3) is 3.03. The second-order valence-corrected chi connectivity index (χ2v) is 4.75. The van der Waals surface area contributed by atoms with Crippen molar-refractivity contribution in [1.82, 2.24) is 5.43 Å². The maximum Gasteiger partial charge on any atom is 0.137 e. The number of benzene rings is 1. The molecule has 0 heterocycles. The Morgan fingerprint density at radius 1 is 1.38 bits per heavy atom. The summed E-state index contributed by atoms with van der Waals surface area (Å²) in [5, 5.41) is 0. The Morgan fingerprint density at radius 2 is 2.00 bits per heavy atom. The molecular weight excluding hydrogens is 271 g/mol. The Bertz CT molecular complexity index is 340. The fourth-order valence-electron chi connectivity index (χ4n) is 1.97. The van der Waals surface area contributed by atoms with Crippen LogP contribution in [0.4, 0.5) is 4.39 Å². The quantitative estimate of drug-likeness (QED) is 0.643. The molecule has 1 aromatic carbocycles. The van der Waals surface area contributed by atoms with E-state index >= 15 is 0 Å². The van der Waals surface area contributed by atoms with Gasteiger partial charge in [-0.3, -0.25) is 11.3 Å². The maximum absolute atomic E-state index is 13.4. The second kappa shape index (κ2) is 6.33. The summed E-state index contributed by atoms with van der Waals surface area (Å²) in [5.74, 6) is 5.74. The van der Waals surface area contributed by atoms with Crippen molar-refractivity contribution in [2.24, 2.45) is 11.8 Å². The van der Waals surface area contributed by atoms with E-state index in [-0.39, 0.29) is 11.9 Å². The second-order valence-electron chi connectivity index (χ2n) is 3.89. The predicted octanol–water partition coefficient (Wildman–Crippen LogP) is 3.53. The summed E-state index contributed by atoms with van der Waals surface area (Å²) >= 11 is 3.14. The van der Waals surface area contributed by atoms with E-state index in [9.17, 15) is 4.39 Å². The van der Waals surface area contributed by atoms with Gasteiger partial charge in [0.1, 0.15) is 5.82 Å². The highest BCUT2D eigenvalue weighted by atomic mass is 79.9. The van der Waals surface area contributed by atoms with E-state index in [1.165, 1.54) is 6.07 Å². The third-order valence-electron chi connectivity index (χ3n) is 3.00. The molecule has 0 fully saturated rings. The first kappa shape index (κ1) is 13.6. The predicted molar refractivity (Wildman–Crippen MR) is 68.2 cm³/mol. The highest BCUT2D eigenvalue weighted by Crippen LogP contribution is 2.28. The topological polar surface area (TPSA) is 38.0 Å². The minimum absolute atomic E-state index is 0.0117. The monoisotopic (exact) mass is 288 g/mol. The number of halogens is 2. The molecule has 0 aliphatic carbocycles. The molecule has 0 saturated heterocycles. The molecule has 16 heavy (non-hydrogen) atoms. The number of nitrogens with one attached hydrogen (secondary N) is 1. The van der Waals surface area contributed by atoms with E-state index in [0.29, 0.717) is 10.4 Å². The molecule has 1 atom stereocenters. The lowest BCUT2D eigenvalue weighted by molar-refractivity contribution is 0.344. The summed E-state index contributed by atoms with van der Waals surface area (Å²) in [4.78, 5) is 0. The summed E-state index contributed by atoms with van der Waals surface area (Å²) in [6, 6.07) is 5.16. The first-order valence-corrected chi connectivity index (χ1v) is 6.34. The van der Waals surface area contributed by atoms with Crippen LogP contribution in [0, 0.1) is 11.7 Å². The van der Waals surface area contributed by atoms with Crippen LogP contribution in [-0.4, -0.2) is 0 Å². The van der Waals surface area contributed by atoms with Gasteiger partial charge in [-0.25, -0.2) is 4.39 Å². The van der Waals surface area contributed by atoms with Gasteiger partial charge >= 0.3 is 0 Å². The SMILES string of the molecule is CCC(CC)C(NN)c1ccc(Br)c(F)c1. The maximum atomic E-state index is 13.4. The van der Waals surface area contributed by atoms with E-state index in [2.05, 4.69) is 35.2 Å².